The van der Waals surface area contributed by atoms with Crippen molar-refractivity contribution in [3.05, 3.63) is 59.3 Å². The third kappa shape index (κ3) is 4.04. The number of aromatic amines is 1. The number of aliphatic hydroxyl groups is 1. The van der Waals surface area contributed by atoms with Crippen LogP contribution in [0.3, 0.4) is 0 Å². The van der Waals surface area contributed by atoms with Crippen LogP contribution in [0.25, 0.3) is 22.0 Å². The summed E-state index contributed by atoms with van der Waals surface area (Å²) in [4.78, 5) is 15.4. The number of primary amides is 1. The smallest absolute Gasteiger partial charge is 0.250 e. The predicted molar refractivity (Wildman–Crippen MR) is 118 cm³/mol. The first-order valence-corrected chi connectivity index (χ1v) is 11.6. The molecule has 0 radical (unpaired) electrons. The molecule has 0 atom stereocenters. The Bertz CT molecular complexity index is 1050. The van der Waals surface area contributed by atoms with E-state index >= 15 is 0 Å². The van der Waals surface area contributed by atoms with Gasteiger partial charge in [-0.05, 0) is 59.6 Å². The van der Waals surface area contributed by atoms with Crippen molar-refractivity contribution < 1.29 is 19.0 Å². The molecule has 0 bridgehead atoms. The van der Waals surface area contributed by atoms with Gasteiger partial charge >= 0.3 is 0 Å². The molecule has 1 amide bonds. The lowest BCUT2D eigenvalue weighted by atomic mass is 9.90. The van der Waals surface area contributed by atoms with Gasteiger partial charge in [0.1, 0.15) is 0 Å². The lowest BCUT2D eigenvalue weighted by Gasteiger charge is -2.39. The molecule has 3 aromatic rings. The third-order valence-electron chi connectivity index (χ3n) is 5.77. The molecule has 1 aliphatic rings. The lowest BCUT2D eigenvalue weighted by Crippen LogP contribution is -2.19. The number of rotatable bonds is 5. The van der Waals surface area contributed by atoms with Gasteiger partial charge in [0.15, 0.2) is 0 Å². The van der Waals surface area contributed by atoms with Crippen molar-refractivity contribution in [2.24, 2.45) is 5.73 Å². The van der Waals surface area contributed by atoms with E-state index in [1.165, 1.54) is 0 Å². The molecule has 0 unspecified atom stereocenters. The quantitative estimate of drug-likeness (QED) is 0.432. The number of H-pyrrole nitrogens is 1. The lowest BCUT2D eigenvalue weighted by molar-refractivity contribution is 0.100. The highest BCUT2D eigenvalue weighted by atomic mass is 32.3. The maximum Gasteiger partial charge on any atom is 0.250 e. The summed E-state index contributed by atoms with van der Waals surface area (Å²) in [6.45, 7) is 0.0812. The summed E-state index contributed by atoms with van der Waals surface area (Å²) >= 11 is 0. The molecule has 0 saturated carbocycles. The van der Waals surface area contributed by atoms with E-state index in [0.29, 0.717) is 36.3 Å². The molecule has 154 valence electrons. The van der Waals surface area contributed by atoms with Crippen LogP contribution in [0.2, 0.25) is 0 Å². The van der Waals surface area contributed by atoms with Crippen LogP contribution in [-0.2, 0) is 6.42 Å². The Morgan fingerprint density at radius 1 is 1.14 bits per heavy atom. The van der Waals surface area contributed by atoms with E-state index < -0.39 is 16.5 Å². The van der Waals surface area contributed by atoms with Gasteiger partial charge in [0.05, 0.1) is 11.1 Å². The molecule has 6 nitrogen and oxygen atoms in total. The first kappa shape index (κ1) is 20.0. The molecular formula is C22H26N2O4S. The molecule has 2 aromatic carbocycles. The summed E-state index contributed by atoms with van der Waals surface area (Å²) in [6.07, 6.45) is 3.91. The Balaban J connectivity index is 1.81. The Labute approximate surface area is 171 Å². The van der Waals surface area contributed by atoms with Crippen LogP contribution in [0.5, 0.6) is 0 Å². The number of carbonyl (C=O) groups excluding carboxylic acids is 1. The SMILES string of the molecule is NC(=O)c1cc(-c2cccc(CCO)c2)cc2c(C3CCS(O)(O)CC3)c[nH]c12. The van der Waals surface area contributed by atoms with Crippen molar-refractivity contribution in [2.75, 3.05) is 18.1 Å². The standard InChI is InChI=1S/C22H26N2O4S/c23-22(26)19-12-17(16-3-1-2-14(10-16)4-7-25)11-18-20(13-24-21(18)19)15-5-8-29(27,28)9-6-15/h1-3,10-13,15,24-25,27-28H,4-9H2,(H2,23,26). The average molecular weight is 415 g/mol. The minimum absolute atomic E-state index is 0.0812. The molecule has 0 spiro atoms. The molecule has 1 fully saturated rings. The molecule has 2 heterocycles. The highest BCUT2D eigenvalue weighted by Crippen LogP contribution is 2.49. The number of aromatic nitrogens is 1. The molecule has 1 saturated heterocycles. The normalized spacial score (nSPS) is 18.0. The minimum Gasteiger partial charge on any atom is -0.396 e. The second kappa shape index (κ2) is 7.84. The number of benzene rings is 2. The Morgan fingerprint density at radius 2 is 1.90 bits per heavy atom. The van der Waals surface area contributed by atoms with Gasteiger partial charge in [-0.25, -0.2) is 0 Å². The van der Waals surface area contributed by atoms with Gasteiger partial charge in [0.2, 0.25) is 0 Å². The zero-order valence-corrected chi connectivity index (χ0v) is 16.9. The number of nitrogens with two attached hydrogens (primary N) is 1. The van der Waals surface area contributed by atoms with E-state index in [-0.39, 0.29) is 12.5 Å². The summed E-state index contributed by atoms with van der Waals surface area (Å²) in [5.74, 6) is 0.543. The number of hydrogen-bond acceptors (Lipinski definition) is 4. The van der Waals surface area contributed by atoms with Crippen LogP contribution in [-0.4, -0.2) is 43.2 Å². The summed E-state index contributed by atoms with van der Waals surface area (Å²) in [5.41, 5.74) is 10.8. The Morgan fingerprint density at radius 3 is 2.59 bits per heavy atom. The highest BCUT2D eigenvalue weighted by Gasteiger charge is 2.27. The third-order valence-corrected chi connectivity index (χ3v) is 7.55. The number of carbonyl (C=O) groups is 1. The van der Waals surface area contributed by atoms with Gasteiger partial charge < -0.3 is 15.8 Å². The second-order valence-corrected chi connectivity index (χ2v) is 10.1. The molecule has 4 rings (SSSR count). The van der Waals surface area contributed by atoms with Crippen LogP contribution in [0.1, 0.15) is 40.2 Å². The molecule has 0 aliphatic carbocycles. The molecule has 7 heteroatoms. The molecule has 6 N–H and O–H groups in total. The van der Waals surface area contributed by atoms with E-state index in [1.807, 2.05) is 30.5 Å². The number of hydrogen-bond donors (Lipinski definition) is 5. The molecule has 1 aromatic heterocycles. The molecule has 1 aliphatic heterocycles. The van der Waals surface area contributed by atoms with Gasteiger partial charge in [-0.15, -0.1) is 0 Å². The fourth-order valence-electron chi connectivity index (χ4n) is 4.21. The monoisotopic (exact) mass is 414 g/mol. The van der Waals surface area contributed by atoms with E-state index in [9.17, 15) is 19.0 Å². The van der Waals surface area contributed by atoms with Crippen molar-refractivity contribution in [3.8, 4) is 11.1 Å². The Kier molecular flexibility index (Phi) is 5.40. The predicted octanol–water partition coefficient (Wildman–Crippen LogP) is 4.10. The second-order valence-electron chi connectivity index (χ2n) is 7.71. The highest BCUT2D eigenvalue weighted by molar-refractivity contribution is 8.24. The molecule has 29 heavy (non-hydrogen) atoms. The average Bonchev–Trinajstić information content (AvgIpc) is 3.11. The summed E-state index contributed by atoms with van der Waals surface area (Å²) < 4.78 is 19.9. The van der Waals surface area contributed by atoms with Gasteiger partial charge in [0.25, 0.3) is 5.91 Å². The van der Waals surface area contributed by atoms with E-state index in [0.717, 1.165) is 33.2 Å². The van der Waals surface area contributed by atoms with Crippen molar-refractivity contribution in [1.82, 2.24) is 4.98 Å². The van der Waals surface area contributed by atoms with Crippen LogP contribution in [0, 0.1) is 0 Å². The largest absolute Gasteiger partial charge is 0.396 e. The van der Waals surface area contributed by atoms with Gasteiger partial charge in [-0.2, -0.15) is 10.6 Å². The van der Waals surface area contributed by atoms with Crippen molar-refractivity contribution in [2.45, 2.75) is 25.2 Å². The Hall–Kier alpha value is -2.32. The van der Waals surface area contributed by atoms with Crippen LogP contribution in [0.15, 0.2) is 42.6 Å². The number of aliphatic hydroxyl groups excluding tert-OH is 1. The maximum absolute atomic E-state index is 12.1. The van der Waals surface area contributed by atoms with E-state index in [1.54, 1.807) is 6.07 Å². The summed E-state index contributed by atoms with van der Waals surface area (Å²) in [7, 11) is -2.45. The van der Waals surface area contributed by atoms with E-state index in [4.69, 9.17) is 5.73 Å². The number of amides is 1. The van der Waals surface area contributed by atoms with Crippen LogP contribution < -0.4 is 5.73 Å². The molecular weight excluding hydrogens is 388 g/mol. The fraction of sp³-hybridized carbons (Fsp3) is 0.318. The maximum atomic E-state index is 12.1. The van der Waals surface area contributed by atoms with Crippen molar-refractivity contribution in [1.29, 1.82) is 0 Å². The van der Waals surface area contributed by atoms with Crippen LogP contribution in [0.4, 0.5) is 0 Å². The zero-order chi connectivity index (χ0) is 20.6. The van der Waals surface area contributed by atoms with Crippen molar-refractivity contribution >= 4 is 27.4 Å². The number of nitrogens with one attached hydrogen (secondary N) is 1. The van der Waals surface area contributed by atoms with Gasteiger partial charge in [0, 0.05) is 29.7 Å². The number of fused-ring (bicyclic) bond motifs is 1. The minimum atomic E-state index is -2.45. The van der Waals surface area contributed by atoms with E-state index in [2.05, 4.69) is 11.1 Å². The van der Waals surface area contributed by atoms with Crippen LogP contribution >= 0.6 is 10.6 Å². The topological polar surface area (TPSA) is 120 Å². The zero-order valence-electron chi connectivity index (χ0n) is 16.1. The first-order valence-electron chi connectivity index (χ1n) is 9.76. The fourth-order valence-corrected chi connectivity index (χ4v) is 5.73. The van der Waals surface area contributed by atoms with Crippen molar-refractivity contribution in [3.63, 3.8) is 0 Å². The van der Waals surface area contributed by atoms with Gasteiger partial charge in [-0.1, -0.05) is 24.3 Å². The van der Waals surface area contributed by atoms with Gasteiger partial charge in [-0.3, -0.25) is 13.9 Å². The summed E-state index contributed by atoms with van der Waals surface area (Å²) in [6, 6.07) is 11.8. The summed E-state index contributed by atoms with van der Waals surface area (Å²) in [5, 5.41) is 10.2. The first-order chi connectivity index (χ1) is 13.9.